The van der Waals surface area contributed by atoms with Gasteiger partial charge in [0.1, 0.15) is 18.2 Å². The van der Waals surface area contributed by atoms with Gasteiger partial charge in [-0.15, -0.1) is 0 Å². The second-order valence-electron chi connectivity index (χ2n) is 7.30. The van der Waals surface area contributed by atoms with Crippen LogP contribution in [0.4, 0.5) is 17.6 Å². The van der Waals surface area contributed by atoms with E-state index in [2.05, 4.69) is 0 Å². The highest BCUT2D eigenvalue weighted by Gasteiger charge is 2.35. The van der Waals surface area contributed by atoms with E-state index in [0.717, 1.165) is 23.3 Å². The molecular weight excluding hydrogens is 450 g/mol. The molecule has 1 heterocycles. The maximum absolute atomic E-state index is 13.9. The Morgan fingerprint density at radius 1 is 1.12 bits per heavy atom. The van der Waals surface area contributed by atoms with E-state index in [4.69, 9.17) is 21.4 Å². The van der Waals surface area contributed by atoms with Gasteiger partial charge in [-0.25, -0.2) is 4.39 Å². The van der Waals surface area contributed by atoms with Crippen LogP contribution < -0.4 is 4.74 Å². The van der Waals surface area contributed by atoms with Crippen LogP contribution in [0.25, 0.3) is 5.69 Å². The molecule has 0 aliphatic carbocycles. The average molecular weight is 470 g/mol. The Kier molecular flexibility index (Phi) is 6.83. The molecule has 3 aromatic rings. The number of nitrogens with zero attached hydrogens (tertiary/aromatic N) is 1. The summed E-state index contributed by atoms with van der Waals surface area (Å²) >= 11 is 5.69. The number of benzene rings is 2. The maximum Gasteiger partial charge on any atom is 0.418 e. The van der Waals surface area contributed by atoms with Crippen LogP contribution in [0, 0.1) is 19.7 Å². The number of aliphatic carboxylic acids is 1. The molecule has 0 aliphatic rings. The molecule has 3 rings (SSSR count). The van der Waals surface area contributed by atoms with E-state index >= 15 is 0 Å². The SMILES string of the molecule is Cc1c(CCC(=O)O)ccc(OCc2c(C(F)(F)F)ccn2-c2ccc(Cl)c(F)c2)c1C. The highest BCUT2D eigenvalue weighted by Crippen LogP contribution is 2.35. The van der Waals surface area contributed by atoms with E-state index in [0.29, 0.717) is 17.7 Å². The number of carboxylic acids is 1. The first-order chi connectivity index (χ1) is 15.0. The van der Waals surface area contributed by atoms with Crippen molar-refractivity contribution in [3.8, 4) is 11.4 Å². The van der Waals surface area contributed by atoms with Gasteiger partial charge in [0.25, 0.3) is 0 Å². The number of carboxylic acid groups (broad SMARTS) is 1. The molecule has 0 saturated carbocycles. The quantitative estimate of drug-likeness (QED) is 0.402. The third-order valence-electron chi connectivity index (χ3n) is 5.30. The number of rotatable bonds is 7. The fourth-order valence-corrected chi connectivity index (χ4v) is 3.53. The Balaban J connectivity index is 1.93. The zero-order chi connectivity index (χ0) is 23.6. The van der Waals surface area contributed by atoms with E-state index < -0.39 is 30.1 Å². The first-order valence-corrected chi connectivity index (χ1v) is 10.0. The number of aromatic nitrogens is 1. The van der Waals surface area contributed by atoms with E-state index in [9.17, 15) is 22.4 Å². The monoisotopic (exact) mass is 469 g/mol. The van der Waals surface area contributed by atoms with Crippen LogP contribution in [0.5, 0.6) is 5.75 Å². The predicted octanol–water partition coefficient (Wildman–Crippen LogP) is 6.50. The second kappa shape index (κ2) is 9.24. The van der Waals surface area contributed by atoms with Gasteiger partial charge in [-0.1, -0.05) is 17.7 Å². The molecule has 170 valence electrons. The van der Waals surface area contributed by atoms with Crippen molar-refractivity contribution >= 4 is 17.6 Å². The number of hydrogen-bond acceptors (Lipinski definition) is 2. The van der Waals surface area contributed by atoms with Crippen molar-refractivity contribution in [1.82, 2.24) is 4.57 Å². The lowest BCUT2D eigenvalue weighted by Crippen LogP contribution is -2.13. The summed E-state index contributed by atoms with van der Waals surface area (Å²) in [5.41, 5.74) is 1.45. The number of aryl methyl sites for hydroxylation is 1. The Hall–Kier alpha value is -3.00. The lowest BCUT2D eigenvalue weighted by Gasteiger charge is -2.17. The fraction of sp³-hybridized carbons (Fsp3) is 0.261. The van der Waals surface area contributed by atoms with Crippen molar-refractivity contribution in [3.05, 3.63) is 81.4 Å². The number of halogens is 5. The number of carbonyl (C=O) groups is 1. The largest absolute Gasteiger partial charge is 0.487 e. The summed E-state index contributed by atoms with van der Waals surface area (Å²) in [6.45, 7) is 3.15. The van der Waals surface area contributed by atoms with Crippen molar-refractivity contribution in [2.75, 3.05) is 0 Å². The van der Waals surface area contributed by atoms with Crippen molar-refractivity contribution in [2.24, 2.45) is 0 Å². The van der Waals surface area contributed by atoms with E-state index in [1.165, 1.54) is 22.9 Å². The molecular formula is C23H20ClF4NO3. The van der Waals surface area contributed by atoms with Crippen LogP contribution in [0.2, 0.25) is 5.02 Å². The summed E-state index contributed by atoms with van der Waals surface area (Å²) in [4.78, 5) is 10.8. The number of ether oxygens (including phenoxy) is 1. The summed E-state index contributed by atoms with van der Waals surface area (Å²) in [7, 11) is 0. The molecule has 0 atom stereocenters. The third kappa shape index (κ3) is 5.07. The van der Waals surface area contributed by atoms with Gasteiger partial charge < -0.3 is 14.4 Å². The molecule has 0 fully saturated rings. The molecule has 4 nitrogen and oxygen atoms in total. The minimum atomic E-state index is -4.62. The zero-order valence-electron chi connectivity index (χ0n) is 17.3. The van der Waals surface area contributed by atoms with E-state index in [-0.39, 0.29) is 22.8 Å². The molecule has 1 N–H and O–H groups in total. The predicted molar refractivity (Wildman–Crippen MR) is 112 cm³/mol. The summed E-state index contributed by atoms with van der Waals surface area (Å²) in [6.07, 6.45) is -3.11. The highest BCUT2D eigenvalue weighted by molar-refractivity contribution is 6.30. The minimum Gasteiger partial charge on any atom is -0.487 e. The first-order valence-electron chi connectivity index (χ1n) is 9.65. The van der Waals surface area contributed by atoms with Gasteiger partial charge in [0, 0.05) is 18.3 Å². The van der Waals surface area contributed by atoms with Gasteiger partial charge in [-0.05, 0) is 67.3 Å². The van der Waals surface area contributed by atoms with Crippen molar-refractivity contribution in [1.29, 1.82) is 0 Å². The number of hydrogen-bond donors (Lipinski definition) is 1. The van der Waals surface area contributed by atoms with Crippen LogP contribution >= 0.6 is 11.6 Å². The van der Waals surface area contributed by atoms with Crippen molar-refractivity contribution in [3.63, 3.8) is 0 Å². The molecule has 0 radical (unpaired) electrons. The maximum atomic E-state index is 13.9. The second-order valence-corrected chi connectivity index (χ2v) is 7.70. The standard InChI is InChI=1S/C23H20ClF4NO3/c1-13-14(2)21(7-3-15(13)4-8-22(30)31)32-12-20-17(23(26,27)28)9-10-29(20)16-5-6-18(24)19(25)11-16/h3,5-7,9-11H,4,8,12H2,1-2H3,(H,30,31). The molecule has 0 unspecified atom stereocenters. The van der Waals surface area contributed by atoms with E-state index in [1.54, 1.807) is 26.0 Å². The molecule has 0 amide bonds. The van der Waals surface area contributed by atoms with Crippen molar-refractivity contribution in [2.45, 2.75) is 39.5 Å². The third-order valence-corrected chi connectivity index (χ3v) is 5.61. The fourth-order valence-electron chi connectivity index (χ4n) is 3.41. The Bertz CT molecular complexity index is 1150. The molecule has 0 saturated heterocycles. The lowest BCUT2D eigenvalue weighted by molar-refractivity contribution is -0.139. The zero-order valence-corrected chi connectivity index (χ0v) is 18.0. The van der Waals surface area contributed by atoms with Crippen LogP contribution in [-0.4, -0.2) is 15.6 Å². The minimum absolute atomic E-state index is 0.0272. The lowest BCUT2D eigenvalue weighted by atomic mass is 9.99. The Morgan fingerprint density at radius 2 is 1.84 bits per heavy atom. The Labute approximate surface area is 187 Å². The van der Waals surface area contributed by atoms with Gasteiger partial charge in [-0.2, -0.15) is 13.2 Å². The average Bonchev–Trinajstić information content (AvgIpc) is 3.14. The molecule has 9 heteroatoms. The highest BCUT2D eigenvalue weighted by atomic mass is 35.5. The first kappa shape index (κ1) is 23.7. The normalized spacial score (nSPS) is 11.6. The molecule has 0 aliphatic heterocycles. The smallest absolute Gasteiger partial charge is 0.418 e. The Morgan fingerprint density at radius 3 is 2.47 bits per heavy atom. The molecule has 0 bridgehead atoms. The van der Waals surface area contributed by atoms with Crippen LogP contribution in [-0.2, 0) is 24.0 Å². The van der Waals surface area contributed by atoms with Crippen LogP contribution in [0.15, 0.2) is 42.6 Å². The summed E-state index contributed by atoms with van der Waals surface area (Å²) in [5, 5.41) is 8.74. The van der Waals surface area contributed by atoms with Gasteiger partial charge in [0.15, 0.2) is 0 Å². The van der Waals surface area contributed by atoms with Crippen LogP contribution in [0.3, 0.4) is 0 Å². The summed E-state index contributed by atoms with van der Waals surface area (Å²) in [6, 6.07) is 7.98. The molecule has 32 heavy (non-hydrogen) atoms. The topological polar surface area (TPSA) is 51.5 Å². The summed E-state index contributed by atoms with van der Waals surface area (Å²) in [5.74, 6) is -1.28. The van der Waals surface area contributed by atoms with Gasteiger partial charge >= 0.3 is 12.1 Å². The van der Waals surface area contributed by atoms with Gasteiger partial charge in [0.2, 0.25) is 0 Å². The van der Waals surface area contributed by atoms with Crippen LogP contribution in [0.1, 0.15) is 34.4 Å². The van der Waals surface area contributed by atoms with Gasteiger partial charge in [-0.3, -0.25) is 4.79 Å². The molecule has 1 aromatic heterocycles. The van der Waals surface area contributed by atoms with Crippen molar-refractivity contribution < 1.29 is 32.2 Å². The van der Waals surface area contributed by atoms with E-state index in [1.807, 2.05) is 0 Å². The number of alkyl halides is 3. The molecule has 2 aromatic carbocycles. The summed E-state index contributed by atoms with van der Waals surface area (Å²) < 4.78 is 61.6. The molecule has 0 spiro atoms. The van der Waals surface area contributed by atoms with Gasteiger partial charge in [0.05, 0.1) is 16.3 Å².